The lowest BCUT2D eigenvalue weighted by molar-refractivity contribution is -0.129. The maximum atomic E-state index is 11.8. The molecule has 4 N–H and O–H groups in total. The minimum atomic E-state index is -0.342. The molecule has 1 atom stereocenters. The number of pyridine rings is 1. The molecule has 0 spiro atoms. The molecule has 3 heterocycles. The van der Waals surface area contributed by atoms with Crippen molar-refractivity contribution in [2.45, 2.75) is 19.0 Å². The molecule has 0 aromatic carbocycles. The van der Waals surface area contributed by atoms with Gasteiger partial charge in [-0.05, 0) is 23.4 Å². The highest BCUT2D eigenvalue weighted by Crippen LogP contribution is 2.30. The van der Waals surface area contributed by atoms with Crippen LogP contribution >= 0.6 is 11.3 Å². The van der Waals surface area contributed by atoms with E-state index in [0.717, 1.165) is 28.6 Å². The standard InChI is InChI=1S/C12H14N4OS/c13-8-2-4-16(12(8)17)5-7-6-18-9-1-3-15-11(14)10(7)9/h1,3,6,8H,2,4-5,13H2,(H2,14,15). The van der Waals surface area contributed by atoms with Gasteiger partial charge in [0.2, 0.25) is 5.91 Å². The number of aromatic nitrogens is 1. The Balaban J connectivity index is 1.94. The number of likely N-dealkylation sites (tertiary alicyclic amines) is 1. The van der Waals surface area contributed by atoms with Gasteiger partial charge in [0.05, 0.1) is 6.04 Å². The van der Waals surface area contributed by atoms with Crippen LogP contribution in [0.5, 0.6) is 0 Å². The normalized spacial score (nSPS) is 19.9. The Labute approximate surface area is 108 Å². The van der Waals surface area contributed by atoms with Crippen LogP contribution in [0, 0.1) is 0 Å². The van der Waals surface area contributed by atoms with Crippen LogP contribution in [0.3, 0.4) is 0 Å². The van der Waals surface area contributed by atoms with Gasteiger partial charge in [-0.2, -0.15) is 0 Å². The smallest absolute Gasteiger partial charge is 0.239 e. The first-order chi connectivity index (χ1) is 8.66. The molecule has 2 aromatic rings. The molecule has 0 aliphatic carbocycles. The van der Waals surface area contributed by atoms with Crippen molar-refractivity contribution in [2.75, 3.05) is 12.3 Å². The van der Waals surface area contributed by atoms with Gasteiger partial charge in [-0.25, -0.2) is 4.98 Å². The van der Waals surface area contributed by atoms with Crippen molar-refractivity contribution in [1.82, 2.24) is 9.88 Å². The maximum absolute atomic E-state index is 11.8. The number of amides is 1. The summed E-state index contributed by atoms with van der Waals surface area (Å²) in [5.41, 5.74) is 12.7. The summed E-state index contributed by atoms with van der Waals surface area (Å²) in [5.74, 6) is 0.552. The van der Waals surface area contributed by atoms with Crippen LogP contribution in [0.4, 0.5) is 5.82 Å². The highest BCUT2D eigenvalue weighted by atomic mass is 32.1. The van der Waals surface area contributed by atoms with Crippen molar-refractivity contribution in [1.29, 1.82) is 0 Å². The summed E-state index contributed by atoms with van der Waals surface area (Å²) in [4.78, 5) is 17.7. The van der Waals surface area contributed by atoms with Gasteiger partial charge in [0.25, 0.3) is 0 Å². The Hall–Kier alpha value is -1.66. The van der Waals surface area contributed by atoms with Gasteiger partial charge >= 0.3 is 0 Å². The van der Waals surface area contributed by atoms with E-state index in [1.165, 1.54) is 0 Å². The predicted octanol–water partition coefficient (Wildman–Crippen LogP) is 0.938. The number of thiophene rings is 1. The molecule has 0 saturated carbocycles. The van der Waals surface area contributed by atoms with E-state index < -0.39 is 0 Å². The molecule has 94 valence electrons. The predicted molar refractivity (Wildman–Crippen MR) is 72.0 cm³/mol. The van der Waals surface area contributed by atoms with Gasteiger partial charge in [0.15, 0.2) is 0 Å². The molecule has 1 aliphatic rings. The molecular formula is C12H14N4OS. The second-order valence-electron chi connectivity index (χ2n) is 4.49. The quantitative estimate of drug-likeness (QED) is 0.843. The number of carbonyl (C=O) groups excluding carboxylic acids is 1. The van der Waals surface area contributed by atoms with E-state index in [2.05, 4.69) is 4.98 Å². The van der Waals surface area contributed by atoms with Crippen LogP contribution in [-0.4, -0.2) is 28.4 Å². The van der Waals surface area contributed by atoms with Crippen LogP contribution in [0.25, 0.3) is 10.1 Å². The molecule has 1 unspecified atom stereocenters. The monoisotopic (exact) mass is 262 g/mol. The summed E-state index contributed by atoms with van der Waals surface area (Å²) in [6.07, 6.45) is 2.43. The molecule has 1 fully saturated rings. The topological polar surface area (TPSA) is 85.2 Å². The van der Waals surface area contributed by atoms with Crippen molar-refractivity contribution < 1.29 is 4.79 Å². The van der Waals surface area contributed by atoms with E-state index in [1.54, 1.807) is 22.4 Å². The molecule has 3 rings (SSSR count). The number of hydrogen-bond acceptors (Lipinski definition) is 5. The Morgan fingerprint density at radius 2 is 2.39 bits per heavy atom. The van der Waals surface area contributed by atoms with E-state index in [1.807, 2.05) is 11.4 Å². The summed E-state index contributed by atoms with van der Waals surface area (Å²) >= 11 is 1.62. The molecule has 1 aliphatic heterocycles. The minimum Gasteiger partial charge on any atom is -0.383 e. The van der Waals surface area contributed by atoms with Gasteiger partial charge in [-0.3, -0.25) is 4.79 Å². The molecule has 0 bridgehead atoms. The summed E-state index contributed by atoms with van der Waals surface area (Å²) in [6, 6.07) is 1.60. The lowest BCUT2D eigenvalue weighted by Gasteiger charge is -2.15. The molecule has 1 saturated heterocycles. The van der Waals surface area contributed by atoms with Gasteiger partial charge in [0, 0.05) is 29.4 Å². The number of hydrogen-bond donors (Lipinski definition) is 2. The van der Waals surface area contributed by atoms with Crippen LogP contribution in [0.2, 0.25) is 0 Å². The van der Waals surface area contributed by atoms with Gasteiger partial charge < -0.3 is 16.4 Å². The summed E-state index contributed by atoms with van der Waals surface area (Å²) < 4.78 is 1.11. The fourth-order valence-electron chi connectivity index (χ4n) is 2.32. The summed E-state index contributed by atoms with van der Waals surface area (Å²) in [7, 11) is 0. The second-order valence-corrected chi connectivity index (χ2v) is 5.40. The SMILES string of the molecule is Nc1nccc2scc(CN3CCC(N)C3=O)c12. The fraction of sp³-hybridized carbons (Fsp3) is 0.333. The first-order valence-electron chi connectivity index (χ1n) is 5.81. The summed E-state index contributed by atoms with van der Waals surface area (Å²) in [6.45, 7) is 1.29. The van der Waals surface area contributed by atoms with Gasteiger partial charge in [0.1, 0.15) is 5.82 Å². The third-order valence-electron chi connectivity index (χ3n) is 3.29. The number of nitrogen functional groups attached to an aromatic ring is 1. The highest BCUT2D eigenvalue weighted by Gasteiger charge is 2.28. The average molecular weight is 262 g/mol. The fourth-order valence-corrected chi connectivity index (χ4v) is 3.27. The highest BCUT2D eigenvalue weighted by molar-refractivity contribution is 7.17. The van der Waals surface area contributed by atoms with Crippen molar-refractivity contribution in [3.8, 4) is 0 Å². The van der Waals surface area contributed by atoms with E-state index in [4.69, 9.17) is 11.5 Å². The Morgan fingerprint density at radius 3 is 3.11 bits per heavy atom. The molecule has 1 amide bonds. The minimum absolute atomic E-state index is 0.0248. The van der Waals surface area contributed by atoms with Crippen LogP contribution in [0.15, 0.2) is 17.6 Å². The largest absolute Gasteiger partial charge is 0.383 e. The zero-order chi connectivity index (χ0) is 12.7. The van der Waals surface area contributed by atoms with Crippen molar-refractivity contribution >= 4 is 33.1 Å². The molecule has 18 heavy (non-hydrogen) atoms. The lowest BCUT2D eigenvalue weighted by Crippen LogP contribution is -2.33. The Morgan fingerprint density at radius 1 is 1.56 bits per heavy atom. The maximum Gasteiger partial charge on any atom is 0.239 e. The number of fused-ring (bicyclic) bond motifs is 1. The Kier molecular flexibility index (Phi) is 2.68. The van der Waals surface area contributed by atoms with E-state index in [9.17, 15) is 4.79 Å². The van der Waals surface area contributed by atoms with E-state index >= 15 is 0 Å². The van der Waals surface area contributed by atoms with E-state index in [-0.39, 0.29) is 11.9 Å². The zero-order valence-corrected chi connectivity index (χ0v) is 10.6. The first kappa shape index (κ1) is 11.4. The Bertz CT molecular complexity index is 609. The number of anilines is 1. The second kappa shape index (κ2) is 4.22. The molecule has 0 radical (unpaired) electrons. The zero-order valence-electron chi connectivity index (χ0n) is 9.80. The molecule has 6 heteroatoms. The van der Waals surface area contributed by atoms with Crippen molar-refractivity contribution in [2.24, 2.45) is 5.73 Å². The third kappa shape index (κ3) is 1.74. The lowest BCUT2D eigenvalue weighted by atomic mass is 10.2. The molecule has 2 aromatic heterocycles. The average Bonchev–Trinajstić information content (AvgIpc) is 2.90. The number of nitrogens with two attached hydrogens (primary N) is 2. The summed E-state index contributed by atoms with van der Waals surface area (Å²) in [5, 5.41) is 3.01. The molecular weight excluding hydrogens is 248 g/mol. The van der Waals surface area contributed by atoms with Gasteiger partial charge in [-0.15, -0.1) is 11.3 Å². The van der Waals surface area contributed by atoms with Crippen LogP contribution in [0.1, 0.15) is 12.0 Å². The third-order valence-corrected chi connectivity index (χ3v) is 4.29. The van der Waals surface area contributed by atoms with Crippen molar-refractivity contribution in [3.63, 3.8) is 0 Å². The van der Waals surface area contributed by atoms with Gasteiger partial charge in [-0.1, -0.05) is 0 Å². The number of carbonyl (C=O) groups is 1. The van der Waals surface area contributed by atoms with Crippen molar-refractivity contribution in [3.05, 3.63) is 23.2 Å². The first-order valence-corrected chi connectivity index (χ1v) is 6.69. The van der Waals surface area contributed by atoms with Crippen LogP contribution in [-0.2, 0) is 11.3 Å². The van der Waals surface area contributed by atoms with E-state index in [0.29, 0.717) is 12.4 Å². The number of nitrogens with zero attached hydrogens (tertiary/aromatic N) is 2. The number of rotatable bonds is 2. The van der Waals surface area contributed by atoms with Crippen LogP contribution < -0.4 is 11.5 Å². The molecule has 5 nitrogen and oxygen atoms in total.